The Hall–Kier alpha value is -2.24. The number of amides is 2. The Morgan fingerprint density at radius 3 is 2.74 bits per heavy atom. The van der Waals surface area contributed by atoms with E-state index in [1.54, 1.807) is 30.9 Å². The van der Waals surface area contributed by atoms with Gasteiger partial charge in [0, 0.05) is 6.20 Å². The zero-order valence-corrected chi connectivity index (χ0v) is 11.1. The van der Waals surface area contributed by atoms with Crippen molar-refractivity contribution in [1.82, 2.24) is 10.3 Å². The standard InChI is InChI=1S/C13H15N3O3/c1-8(17)9-5-4-6-14-11(9)16-7-10(18)15-12(19)13(16,2)3/h4-6H,7H2,1-3H3,(H,15,18,19). The Morgan fingerprint density at radius 1 is 1.42 bits per heavy atom. The SMILES string of the molecule is CC(=O)c1cccnc1N1CC(=O)NC(=O)C1(C)C. The lowest BCUT2D eigenvalue weighted by molar-refractivity contribution is -0.135. The highest BCUT2D eigenvalue weighted by atomic mass is 16.2. The van der Waals surface area contributed by atoms with Crippen LogP contribution >= 0.6 is 0 Å². The number of ketones is 1. The zero-order chi connectivity index (χ0) is 14.2. The monoisotopic (exact) mass is 261 g/mol. The molecule has 2 heterocycles. The molecular weight excluding hydrogens is 246 g/mol. The number of hydrogen-bond donors (Lipinski definition) is 1. The van der Waals surface area contributed by atoms with Gasteiger partial charge in [-0.2, -0.15) is 0 Å². The number of carbonyl (C=O) groups is 3. The lowest BCUT2D eigenvalue weighted by Crippen LogP contribution is -2.64. The van der Waals surface area contributed by atoms with E-state index in [0.717, 1.165) is 0 Å². The van der Waals surface area contributed by atoms with Crippen LogP contribution < -0.4 is 10.2 Å². The van der Waals surface area contributed by atoms with E-state index in [0.29, 0.717) is 11.4 Å². The average molecular weight is 261 g/mol. The number of Topliss-reactive ketones (excluding diaryl/α,β-unsaturated/α-hetero) is 1. The van der Waals surface area contributed by atoms with Gasteiger partial charge in [0.1, 0.15) is 11.4 Å². The Kier molecular flexibility index (Phi) is 3.09. The van der Waals surface area contributed by atoms with Gasteiger partial charge in [0.05, 0.1) is 12.1 Å². The largest absolute Gasteiger partial charge is 0.333 e. The van der Waals surface area contributed by atoms with Gasteiger partial charge in [-0.3, -0.25) is 19.7 Å². The normalized spacial score (nSPS) is 18.2. The van der Waals surface area contributed by atoms with E-state index in [1.807, 2.05) is 0 Å². The molecule has 0 unspecified atom stereocenters. The molecule has 2 rings (SSSR count). The topological polar surface area (TPSA) is 79.4 Å². The number of anilines is 1. The van der Waals surface area contributed by atoms with Crippen molar-refractivity contribution < 1.29 is 14.4 Å². The number of imide groups is 1. The van der Waals surface area contributed by atoms with Gasteiger partial charge in [-0.25, -0.2) is 4.98 Å². The van der Waals surface area contributed by atoms with Crippen LogP contribution in [0.3, 0.4) is 0 Å². The summed E-state index contributed by atoms with van der Waals surface area (Å²) in [4.78, 5) is 40.8. The van der Waals surface area contributed by atoms with Crippen LogP contribution in [0.15, 0.2) is 18.3 Å². The first-order valence-electron chi connectivity index (χ1n) is 5.92. The number of piperazine rings is 1. The molecule has 19 heavy (non-hydrogen) atoms. The minimum Gasteiger partial charge on any atom is -0.333 e. The van der Waals surface area contributed by atoms with Crippen LogP contribution in [0, 0.1) is 0 Å². The number of pyridine rings is 1. The van der Waals surface area contributed by atoms with E-state index in [9.17, 15) is 14.4 Å². The molecule has 1 aromatic rings. The Labute approximate surface area is 110 Å². The van der Waals surface area contributed by atoms with Crippen LogP contribution in [0.2, 0.25) is 0 Å². The highest BCUT2D eigenvalue weighted by Crippen LogP contribution is 2.27. The van der Waals surface area contributed by atoms with Crippen LogP contribution in [0.4, 0.5) is 5.82 Å². The molecule has 1 fully saturated rings. The summed E-state index contributed by atoms with van der Waals surface area (Å²) in [5, 5.41) is 2.29. The van der Waals surface area contributed by atoms with Gasteiger partial charge in [-0.15, -0.1) is 0 Å². The number of nitrogens with zero attached hydrogens (tertiary/aromatic N) is 2. The first-order chi connectivity index (χ1) is 8.84. The summed E-state index contributed by atoms with van der Waals surface area (Å²) in [7, 11) is 0. The highest BCUT2D eigenvalue weighted by molar-refractivity contribution is 6.08. The number of aromatic nitrogens is 1. The summed E-state index contributed by atoms with van der Waals surface area (Å²) in [6, 6.07) is 3.29. The molecule has 6 heteroatoms. The molecule has 0 spiro atoms. The van der Waals surface area contributed by atoms with Gasteiger partial charge >= 0.3 is 0 Å². The molecule has 0 atom stereocenters. The first-order valence-corrected chi connectivity index (χ1v) is 5.92. The maximum atomic E-state index is 11.9. The second-order valence-corrected chi connectivity index (χ2v) is 4.95. The van der Waals surface area contributed by atoms with Crippen molar-refractivity contribution in [3.8, 4) is 0 Å². The van der Waals surface area contributed by atoms with Crippen LogP contribution in [0.5, 0.6) is 0 Å². The molecule has 1 aliphatic heterocycles. The molecule has 0 saturated carbocycles. The van der Waals surface area contributed by atoms with Gasteiger partial charge < -0.3 is 4.90 Å². The molecule has 6 nitrogen and oxygen atoms in total. The summed E-state index contributed by atoms with van der Waals surface area (Å²) >= 11 is 0. The number of hydrogen-bond acceptors (Lipinski definition) is 5. The molecule has 1 aromatic heterocycles. The van der Waals surface area contributed by atoms with E-state index in [4.69, 9.17) is 0 Å². The van der Waals surface area contributed by atoms with Crippen molar-refractivity contribution in [3.05, 3.63) is 23.9 Å². The predicted molar refractivity (Wildman–Crippen MR) is 68.8 cm³/mol. The Bertz CT molecular complexity index is 566. The second kappa shape index (κ2) is 4.46. The summed E-state index contributed by atoms with van der Waals surface area (Å²) in [5.41, 5.74) is -0.537. The third-order valence-corrected chi connectivity index (χ3v) is 3.21. The van der Waals surface area contributed by atoms with Gasteiger partial charge in [-0.05, 0) is 32.9 Å². The first kappa shape index (κ1) is 13.2. The van der Waals surface area contributed by atoms with E-state index in [1.165, 1.54) is 13.1 Å². The lowest BCUT2D eigenvalue weighted by Gasteiger charge is -2.41. The molecule has 1 N–H and O–H groups in total. The summed E-state index contributed by atoms with van der Waals surface area (Å²) < 4.78 is 0. The summed E-state index contributed by atoms with van der Waals surface area (Å²) in [6.07, 6.45) is 1.54. The number of rotatable bonds is 2. The van der Waals surface area contributed by atoms with E-state index >= 15 is 0 Å². The predicted octanol–water partition coefficient (Wildman–Crippen LogP) is 0.526. The third kappa shape index (κ3) is 2.21. The van der Waals surface area contributed by atoms with Crippen molar-refractivity contribution >= 4 is 23.4 Å². The molecule has 0 aromatic carbocycles. The van der Waals surface area contributed by atoms with E-state index in [-0.39, 0.29) is 12.3 Å². The quantitative estimate of drug-likeness (QED) is 0.620. The van der Waals surface area contributed by atoms with Crippen molar-refractivity contribution in [1.29, 1.82) is 0 Å². The van der Waals surface area contributed by atoms with Crippen molar-refractivity contribution in [2.75, 3.05) is 11.4 Å². The average Bonchev–Trinajstić information content (AvgIpc) is 2.34. The van der Waals surface area contributed by atoms with Gasteiger partial charge in [0.25, 0.3) is 5.91 Å². The number of nitrogens with one attached hydrogen (secondary N) is 1. The maximum Gasteiger partial charge on any atom is 0.251 e. The molecule has 0 aliphatic carbocycles. The molecule has 100 valence electrons. The molecular formula is C13H15N3O3. The van der Waals surface area contributed by atoms with Crippen molar-refractivity contribution in [2.24, 2.45) is 0 Å². The van der Waals surface area contributed by atoms with Gasteiger partial charge in [0.15, 0.2) is 5.78 Å². The Morgan fingerprint density at radius 2 is 2.11 bits per heavy atom. The van der Waals surface area contributed by atoms with E-state index in [2.05, 4.69) is 10.3 Å². The smallest absolute Gasteiger partial charge is 0.251 e. The van der Waals surface area contributed by atoms with Gasteiger partial charge in [-0.1, -0.05) is 0 Å². The molecule has 2 amide bonds. The maximum absolute atomic E-state index is 11.9. The molecule has 0 radical (unpaired) electrons. The van der Waals surface area contributed by atoms with Crippen LogP contribution in [0.25, 0.3) is 0 Å². The fourth-order valence-electron chi connectivity index (χ4n) is 2.01. The van der Waals surface area contributed by atoms with Crippen molar-refractivity contribution in [3.63, 3.8) is 0 Å². The Balaban J connectivity index is 2.53. The zero-order valence-electron chi connectivity index (χ0n) is 11.1. The molecule has 0 bridgehead atoms. The minimum absolute atomic E-state index is 0.00394. The van der Waals surface area contributed by atoms with Crippen LogP contribution in [0.1, 0.15) is 31.1 Å². The fourth-order valence-corrected chi connectivity index (χ4v) is 2.01. The second-order valence-electron chi connectivity index (χ2n) is 4.95. The highest BCUT2D eigenvalue weighted by Gasteiger charge is 2.42. The molecule has 1 aliphatic rings. The minimum atomic E-state index is -0.938. The van der Waals surface area contributed by atoms with Crippen LogP contribution in [-0.2, 0) is 9.59 Å². The summed E-state index contributed by atoms with van der Waals surface area (Å²) in [6.45, 7) is 4.80. The fraction of sp³-hybridized carbons (Fsp3) is 0.385. The number of carbonyl (C=O) groups excluding carboxylic acids is 3. The molecule has 1 saturated heterocycles. The van der Waals surface area contributed by atoms with Crippen LogP contribution in [-0.4, -0.2) is 34.7 Å². The lowest BCUT2D eigenvalue weighted by atomic mass is 9.97. The van der Waals surface area contributed by atoms with E-state index < -0.39 is 17.4 Å². The van der Waals surface area contributed by atoms with Crippen molar-refractivity contribution in [2.45, 2.75) is 26.3 Å². The summed E-state index contributed by atoms with van der Waals surface area (Å²) in [5.74, 6) is -0.589. The third-order valence-electron chi connectivity index (χ3n) is 3.21. The van der Waals surface area contributed by atoms with Gasteiger partial charge in [0.2, 0.25) is 5.91 Å².